The molecule has 2 aliphatic heterocycles. The Morgan fingerprint density at radius 2 is 2.36 bits per heavy atom. The number of amides is 1. The van der Waals surface area contributed by atoms with Gasteiger partial charge in [-0.25, -0.2) is 9.97 Å². The molecule has 1 saturated heterocycles. The van der Waals surface area contributed by atoms with Gasteiger partial charge in [0.2, 0.25) is 11.9 Å². The molecule has 1 aromatic rings. The lowest BCUT2D eigenvalue weighted by Crippen LogP contribution is -2.42. The minimum Gasteiger partial charge on any atom is -0.376 e. The molecule has 0 N–H and O–H groups in total. The minimum absolute atomic E-state index is 0.0217. The molecular formula is C15H22N4O3. The van der Waals surface area contributed by atoms with Crippen molar-refractivity contribution in [2.24, 2.45) is 0 Å². The monoisotopic (exact) mass is 306 g/mol. The lowest BCUT2D eigenvalue weighted by molar-refractivity contribution is -0.134. The smallest absolute Gasteiger partial charge is 0.248 e. The van der Waals surface area contributed by atoms with Gasteiger partial charge in [0.05, 0.1) is 24.3 Å². The van der Waals surface area contributed by atoms with E-state index in [9.17, 15) is 4.79 Å². The van der Waals surface area contributed by atoms with Crippen LogP contribution in [0.4, 0.5) is 5.95 Å². The number of aromatic nitrogens is 2. The lowest BCUT2D eigenvalue weighted by atomic mass is 9.80. The average molecular weight is 306 g/mol. The highest BCUT2D eigenvalue weighted by Gasteiger charge is 2.46. The molecule has 3 rings (SSSR count). The van der Waals surface area contributed by atoms with Crippen molar-refractivity contribution in [2.45, 2.75) is 18.4 Å². The molecule has 22 heavy (non-hydrogen) atoms. The van der Waals surface area contributed by atoms with Gasteiger partial charge in [-0.1, -0.05) is 0 Å². The van der Waals surface area contributed by atoms with E-state index in [1.54, 1.807) is 7.11 Å². The first-order valence-electron chi connectivity index (χ1n) is 7.44. The zero-order chi connectivity index (χ0) is 15.7. The summed E-state index contributed by atoms with van der Waals surface area (Å²) in [5, 5.41) is 0. The van der Waals surface area contributed by atoms with Crippen LogP contribution in [0.25, 0.3) is 0 Å². The van der Waals surface area contributed by atoms with Crippen LogP contribution in [0.5, 0.6) is 0 Å². The number of likely N-dealkylation sites (tertiary alicyclic amines) is 1. The van der Waals surface area contributed by atoms with Crippen molar-refractivity contribution in [3.05, 3.63) is 17.5 Å². The van der Waals surface area contributed by atoms with Crippen molar-refractivity contribution in [2.75, 3.05) is 52.4 Å². The van der Waals surface area contributed by atoms with Crippen LogP contribution in [0.1, 0.15) is 17.7 Å². The molecule has 120 valence electrons. The lowest BCUT2D eigenvalue weighted by Gasteiger charge is -2.34. The highest BCUT2D eigenvalue weighted by Crippen LogP contribution is 2.39. The summed E-state index contributed by atoms with van der Waals surface area (Å²) in [5.74, 6) is 0.718. The SMILES string of the molecule is COCC(=O)N1CC[C@@]2(COCc3cnc(N(C)C)nc32)C1. The number of carbonyl (C=O) groups excluding carboxylic acids is 1. The number of anilines is 1. The standard InChI is InChI=1S/C15H22N4O3/c1-18(2)14-16-6-11-7-22-10-15(13(11)17-14)4-5-19(9-15)12(20)8-21-3/h6H,4-5,7-10H2,1-3H3/t15-/m0/s1. The molecular weight excluding hydrogens is 284 g/mol. The molecule has 0 aliphatic carbocycles. The third kappa shape index (κ3) is 2.55. The Kier molecular flexibility index (Phi) is 4.01. The van der Waals surface area contributed by atoms with E-state index in [1.807, 2.05) is 30.1 Å². The van der Waals surface area contributed by atoms with Gasteiger partial charge in [-0.15, -0.1) is 0 Å². The van der Waals surface area contributed by atoms with Gasteiger partial charge in [-0.3, -0.25) is 4.79 Å². The quantitative estimate of drug-likeness (QED) is 0.794. The van der Waals surface area contributed by atoms with Crippen LogP contribution in [0.3, 0.4) is 0 Å². The summed E-state index contributed by atoms with van der Waals surface area (Å²) >= 11 is 0. The third-order valence-electron chi connectivity index (χ3n) is 4.36. The van der Waals surface area contributed by atoms with E-state index in [0.29, 0.717) is 32.3 Å². The number of hydrogen-bond donors (Lipinski definition) is 0. The third-order valence-corrected chi connectivity index (χ3v) is 4.36. The largest absolute Gasteiger partial charge is 0.376 e. The van der Waals surface area contributed by atoms with Gasteiger partial charge in [0.25, 0.3) is 0 Å². The van der Waals surface area contributed by atoms with E-state index < -0.39 is 0 Å². The second-order valence-corrected chi connectivity index (χ2v) is 6.21. The van der Waals surface area contributed by atoms with Crippen LogP contribution in [0, 0.1) is 0 Å². The van der Waals surface area contributed by atoms with Crippen LogP contribution in [0.15, 0.2) is 6.20 Å². The molecule has 1 spiro atoms. The molecule has 1 fully saturated rings. The summed E-state index contributed by atoms with van der Waals surface area (Å²) in [5.41, 5.74) is 1.84. The van der Waals surface area contributed by atoms with Gasteiger partial charge < -0.3 is 19.3 Å². The summed E-state index contributed by atoms with van der Waals surface area (Å²) in [6.07, 6.45) is 2.71. The highest BCUT2D eigenvalue weighted by atomic mass is 16.5. The van der Waals surface area contributed by atoms with Crippen molar-refractivity contribution in [1.82, 2.24) is 14.9 Å². The Morgan fingerprint density at radius 1 is 1.55 bits per heavy atom. The normalized spacial score (nSPS) is 23.7. The Morgan fingerprint density at radius 3 is 3.09 bits per heavy atom. The first-order chi connectivity index (χ1) is 10.6. The number of rotatable bonds is 3. The molecule has 2 aliphatic rings. The van der Waals surface area contributed by atoms with E-state index >= 15 is 0 Å². The molecule has 7 nitrogen and oxygen atoms in total. The van der Waals surface area contributed by atoms with E-state index in [1.165, 1.54) is 0 Å². The van der Waals surface area contributed by atoms with E-state index in [2.05, 4.69) is 4.98 Å². The topological polar surface area (TPSA) is 67.8 Å². The summed E-state index contributed by atoms with van der Waals surface area (Å²) in [7, 11) is 5.40. The van der Waals surface area contributed by atoms with Gasteiger partial charge >= 0.3 is 0 Å². The van der Waals surface area contributed by atoms with Crippen molar-refractivity contribution in [3.63, 3.8) is 0 Å². The van der Waals surface area contributed by atoms with E-state index in [4.69, 9.17) is 14.5 Å². The van der Waals surface area contributed by atoms with E-state index in [0.717, 1.165) is 17.7 Å². The first kappa shape index (κ1) is 15.2. The number of carbonyl (C=O) groups is 1. The van der Waals surface area contributed by atoms with Crippen LogP contribution in [-0.4, -0.2) is 68.3 Å². The zero-order valence-electron chi connectivity index (χ0n) is 13.3. The molecule has 0 aromatic carbocycles. The van der Waals surface area contributed by atoms with Gasteiger partial charge in [0.1, 0.15) is 6.61 Å². The van der Waals surface area contributed by atoms with Crippen molar-refractivity contribution >= 4 is 11.9 Å². The maximum absolute atomic E-state index is 12.1. The Hall–Kier alpha value is -1.73. The number of fused-ring (bicyclic) bond motifs is 2. The zero-order valence-corrected chi connectivity index (χ0v) is 13.3. The van der Waals surface area contributed by atoms with E-state index in [-0.39, 0.29) is 17.9 Å². The van der Waals surface area contributed by atoms with Crippen molar-refractivity contribution in [3.8, 4) is 0 Å². The second kappa shape index (κ2) is 5.81. The number of ether oxygens (including phenoxy) is 2. The summed E-state index contributed by atoms with van der Waals surface area (Å²) < 4.78 is 10.7. The maximum Gasteiger partial charge on any atom is 0.248 e. The van der Waals surface area contributed by atoms with Crippen LogP contribution in [-0.2, 0) is 26.3 Å². The fraction of sp³-hybridized carbons (Fsp3) is 0.667. The average Bonchev–Trinajstić information content (AvgIpc) is 2.92. The van der Waals surface area contributed by atoms with Gasteiger partial charge in [0, 0.05) is 46.1 Å². The van der Waals surface area contributed by atoms with Gasteiger partial charge in [-0.2, -0.15) is 0 Å². The highest BCUT2D eigenvalue weighted by molar-refractivity contribution is 5.78. The van der Waals surface area contributed by atoms with Crippen LogP contribution >= 0.6 is 0 Å². The van der Waals surface area contributed by atoms with Crippen molar-refractivity contribution < 1.29 is 14.3 Å². The second-order valence-electron chi connectivity index (χ2n) is 6.21. The molecule has 0 radical (unpaired) electrons. The Balaban J connectivity index is 1.91. The number of methoxy groups -OCH3 is 1. The van der Waals surface area contributed by atoms with Crippen molar-refractivity contribution in [1.29, 1.82) is 0 Å². The van der Waals surface area contributed by atoms with Crippen LogP contribution in [0.2, 0.25) is 0 Å². The maximum atomic E-state index is 12.1. The molecule has 0 bridgehead atoms. The molecule has 0 unspecified atom stereocenters. The fourth-order valence-electron chi connectivity index (χ4n) is 3.21. The summed E-state index contributed by atoms with van der Waals surface area (Å²) in [4.78, 5) is 24.9. The summed E-state index contributed by atoms with van der Waals surface area (Å²) in [6, 6.07) is 0. The van der Waals surface area contributed by atoms with Gasteiger partial charge in [-0.05, 0) is 6.42 Å². The predicted octanol–water partition coefficient (Wildman–Crippen LogP) is 0.189. The van der Waals surface area contributed by atoms with Gasteiger partial charge in [0.15, 0.2) is 0 Å². The minimum atomic E-state index is -0.218. The molecule has 3 heterocycles. The number of hydrogen-bond acceptors (Lipinski definition) is 6. The molecule has 1 aromatic heterocycles. The molecule has 0 saturated carbocycles. The number of nitrogens with zero attached hydrogens (tertiary/aromatic N) is 4. The first-order valence-corrected chi connectivity index (χ1v) is 7.44. The molecule has 7 heteroatoms. The Bertz CT molecular complexity index is 578. The molecule has 1 amide bonds. The summed E-state index contributed by atoms with van der Waals surface area (Å²) in [6.45, 7) is 2.60. The predicted molar refractivity (Wildman–Crippen MR) is 80.8 cm³/mol. The molecule has 1 atom stereocenters. The van der Waals surface area contributed by atoms with Crippen LogP contribution < -0.4 is 4.90 Å². The fourth-order valence-corrected chi connectivity index (χ4v) is 3.21. The Labute approximate surface area is 130 Å².